The highest BCUT2D eigenvalue weighted by atomic mass is 16.3. The summed E-state index contributed by atoms with van der Waals surface area (Å²) in [6, 6.07) is 0.716. The molecule has 3 heteroatoms. The normalized spacial score (nSPS) is 29.6. The van der Waals surface area contributed by atoms with Gasteiger partial charge in [-0.25, -0.2) is 0 Å². The quantitative estimate of drug-likeness (QED) is 0.775. The molecule has 2 saturated heterocycles. The molecule has 2 fully saturated rings. The first kappa shape index (κ1) is 12.3. The Hall–Kier alpha value is -0.120. The maximum Gasteiger partial charge on any atom is 0.0558 e. The number of hydrogen-bond donors (Lipinski definition) is 1. The summed E-state index contributed by atoms with van der Waals surface area (Å²) in [5.74, 6) is 1.80. The number of β-amino-alcohol motifs (C(OH)–C–C–N with tert-alkyl or cyclic N) is 1. The largest absolute Gasteiger partial charge is 0.395 e. The van der Waals surface area contributed by atoms with Crippen LogP contribution in [0.25, 0.3) is 0 Å². The molecule has 0 aliphatic carbocycles. The van der Waals surface area contributed by atoms with Crippen LogP contribution in [0, 0.1) is 11.8 Å². The maximum absolute atomic E-state index is 8.98. The van der Waals surface area contributed by atoms with E-state index >= 15 is 0 Å². The van der Waals surface area contributed by atoms with Crippen LogP contribution in [0.5, 0.6) is 0 Å². The van der Waals surface area contributed by atoms with Crippen LogP contribution in [0.1, 0.15) is 26.7 Å². The number of likely N-dealkylation sites (tertiary alicyclic amines) is 2. The zero-order valence-corrected chi connectivity index (χ0v) is 10.7. The highest BCUT2D eigenvalue weighted by Crippen LogP contribution is 2.31. The maximum atomic E-state index is 8.98. The van der Waals surface area contributed by atoms with E-state index in [0.717, 1.165) is 18.4 Å². The minimum absolute atomic E-state index is 0.315. The van der Waals surface area contributed by atoms with Gasteiger partial charge in [0.25, 0.3) is 0 Å². The van der Waals surface area contributed by atoms with E-state index in [1.807, 2.05) is 0 Å². The average Bonchev–Trinajstić information content (AvgIpc) is 2.15. The summed E-state index contributed by atoms with van der Waals surface area (Å²) in [5, 5.41) is 8.98. The summed E-state index contributed by atoms with van der Waals surface area (Å²) in [4.78, 5) is 5.00. The highest BCUT2D eigenvalue weighted by molar-refractivity contribution is 4.89. The zero-order valence-electron chi connectivity index (χ0n) is 10.7. The number of rotatable bonds is 4. The number of piperidine rings is 1. The van der Waals surface area contributed by atoms with E-state index in [1.54, 1.807) is 0 Å². The molecular formula is C13H26N2O. The van der Waals surface area contributed by atoms with E-state index in [1.165, 1.54) is 39.0 Å². The Balaban J connectivity index is 1.74. The van der Waals surface area contributed by atoms with Gasteiger partial charge in [-0.15, -0.1) is 0 Å². The second kappa shape index (κ2) is 5.48. The van der Waals surface area contributed by atoms with Crippen molar-refractivity contribution in [2.75, 3.05) is 39.3 Å². The van der Waals surface area contributed by atoms with Gasteiger partial charge in [0.15, 0.2) is 0 Å². The highest BCUT2D eigenvalue weighted by Gasteiger charge is 2.36. The third kappa shape index (κ3) is 2.76. The van der Waals surface area contributed by atoms with Crippen LogP contribution >= 0.6 is 0 Å². The Morgan fingerprint density at radius 3 is 2.56 bits per heavy atom. The molecule has 1 atom stereocenters. The Morgan fingerprint density at radius 1 is 1.19 bits per heavy atom. The molecule has 2 aliphatic heterocycles. The summed E-state index contributed by atoms with van der Waals surface area (Å²) in [7, 11) is 0. The second-order valence-corrected chi connectivity index (χ2v) is 5.73. The lowest BCUT2D eigenvalue weighted by molar-refractivity contribution is 0.00166. The Morgan fingerprint density at radius 2 is 1.94 bits per heavy atom. The number of nitrogens with zero attached hydrogens (tertiary/aromatic N) is 2. The molecular weight excluding hydrogens is 200 g/mol. The molecule has 16 heavy (non-hydrogen) atoms. The minimum atomic E-state index is 0.315. The van der Waals surface area contributed by atoms with Crippen LogP contribution in [0.15, 0.2) is 0 Å². The van der Waals surface area contributed by atoms with Crippen molar-refractivity contribution < 1.29 is 5.11 Å². The fourth-order valence-electron chi connectivity index (χ4n) is 3.09. The van der Waals surface area contributed by atoms with Crippen molar-refractivity contribution in [2.45, 2.75) is 32.7 Å². The number of aliphatic hydroxyl groups excluding tert-OH is 1. The predicted octanol–water partition coefficient (Wildman–Crippen LogP) is 1.03. The molecule has 94 valence electrons. The molecule has 0 aromatic carbocycles. The molecule has 0 amide bonds. The van der Waals surface area contributed by atoms with Crippen molar-refractivity contribution in [3.63, 3.8) is 0 Å². The third-order valence-electron chi connectivity index (χ3n) is 4.29. The SMILES string of the molecule is CC(C)N1CC(C2CCCN(CCO)C2)C1. The van der Waals surface area contributed by atoms with Crippen LogP contribution in [-0.4, -0.2) is 60.3 Å². The standard InChI is InChI=1S/C13H26N2O/c1-11(2)15-9-13(10-15)12-4-3-5-14(8-12)6-7-16/h11-13,16H,3-10H2,1-2H3. The lowest BCUT2D eigenvalue weighted by atomic mass is 9.80. The molecule has 0 saturated carbocycles. The summed E-state index contributed by atoms with van der Waals surface area (Å²) < 4.78 is 0. The first-order valence-electron chi connectivity index (χ1n) is 6.78. The van der Waals surface area contributed by atoms with Crippen molar-refractivity contribution in [1.82, 2.24) is 9.80 Å². The molecule has 0 spiro atoms. The molecule has 1 N–H and O–H groups in total. The molecule has 2 aliphatic rings. The Bertz CT molecular complexity index is 212. The topological polar surface area (TPSA) is 26.7 Å². The van der Waals surface area contributed by atoms with Gasteiger partial charge in [0.05, 0.1) is 6.61 Å². The van der Waals surface area contributed by atoms with Gasteiger partial charge < -0.3 is 14.9 Å². The van der Waals surface area contributed by atoms with E-state index in [9.17, 15) is 0 Å². The van der Waals surface area contributed by atoms with Crippen LogP contribution < -0.4 is 0 Å². The molecule has 0 bridgehead atoms. The van der Waals surface area contributed by atoms with Crippen LogP contribution in [0.4, 0.5) is 0 Å². The Labute approximate surface area is 99.4 Å². The second-order valence-electron chi connectivity index (χ2n) is 5.73. The van der Waals surface area contributed by atoms with Gasteiger partial charge in [-0.2, -0.15) is 0 Å². The summed E-state index contributed by atoms with van der Waals surface area (Å²) in [5.41, 5.74) is 0. The first-order chi connectivity index (χ1) is 7.70. The lowest BCUT2D eigenvalue weighted by Crippen LogP contribution is -2.55. The smallest absolute Gasteiger partial charge is 0.0558 e. The molecule has 1 unspecified atom stereocenters. The van der Waals surface area contributed by atoms with Crippen LogP contribution in [0.3, 0.4) is 0 Å². The molecule has 2 heterocycles. The van der Waals surface area contributed by atoms with Gasteiger partial charge in [-0.1, -0.05) is 0 Å². The molecule has 0 aromatic rings. The summed E-state index contributed by atoms with van der Waals surface area (Å²) in [6.07, 6.45) is 2.72. The molecule has 0 radical (unpaired) electrons. The van der Waals surface area contributed by atoms with E-state index in [2.05, 4.69) is 23.6 Å². The third-order valence-corrected chi connectivity index (χ3v) is 4.29. The van der Waals surface area contributed by atoms with Crippen molar-refractivity contribution in [2.24, 2.45) is 11.8 Å². The van der Waals surface area contributed by atoms with E-state index in [-0.39, 0.29) is 0 Å². The fraction of sp³-hybridized carbons (Fsp3) is 1.00. The Kier molecular flexibility index (Phi) is 4.22. The van der Waals surface area contributed by atoms with E-state index < -0.39 is 0 Å². The van der Waals surface area contributed by atoms with Gasteiger partial charge in [0, 0.05) is 32.2 Å². The van der Waals surface area contributed by atoms with Gasteiger partial charge in [0.2, 0.25) is 0 Å². The van der Waals surface area contributed by atoms with Crippen LogP contribution in [-0.2, 0) is 0 Å². The minimum Gasteiger partial charge on any atom is -0.395 e. The van der Waals surface area contributed by atoms with Gasteiger partial charge in [0.1, 0.15) is 0 Å². The summed E-state index contributed by atoms with van der Waals surface area (Å²) in [6.45, 7) is 10.8. The monoisotopic (exact) mass is 226 g/mol. The van der Waals surface area contributed by atoms with Crippen molar-refractivity contribution in [3.05, 3.63) is 0 Å². The predicted molar refractivity (Wildman–Crippen MR) is 66.4 cm³/mol. The van der Waals surface area contributed by atoms with E-state index in [0.29, 0.717) is 12.6 Å². The lowest BCUT2D eigenvalue weighted by Gasteiger charge is -2.48. The van der Waals surface area contributed by atoms with Gasteiger partial charge in [-0.05, 0) is 45.1 Å². The van der Waals surface area contributed by atoms with Gasteiger partial charge >= 0.3 is 0 Å². The first-order valence-corrected chi connectivity index (χ1v) is 6.78. The molecule has 3 nitrogen and oxygen atoms in total. The number of aliphatic hydroxyl groups is 1. The summed E-state index contributed by atoms with van der Waals surface area (Å²) >= 11 is 0. The molecule has 0 aromatic heterocycles. The van der Waals surface area contributed by atoms with Crippen molar-refractivity contribution in [1.29, 1.82) is 0 Å². The van der Waals surface area contributed by atoms with E-state index in [4.69, 9.17) is 5.11 Å². The average molecular weight is 226 g/mol. The van der Waals surface area contributed by atoms with Gasteiger partial charge in [-0.3, -0.25) is 0 Å². The zero-order chi connectivity index (χ0) is 11.5. The molecule has 2 rings (SSSR count). The van der Waals surface area contributed by atoms with Crippen LogP contribution in [0.2, 0.25) is 0 Å². The van der Waals surface area contributed by atoms with Crippen molar-refractivity contribution >= 4 is 0 Å². The fourth-order valence-corrected chi connectivity index (χ4v) is 3.09. The van der Waals surface area contributed by atoms with Crippen molar-refractivity contribution in [3.8, 4) is 0 Å². The number of hydrogen-bond acceptors (Lipinski definition) is 3.